The van der Waals surface area contributed by atoms with Gasteiger partial charge >= 0.3 is 6.03 Å². The molecule has 0 aliphatic carbocycles. The molecule has 2 rings (SSSR count). The predicted octanol–water partition coefficient (Wildman–Crippen LogP) is 5.30. The molecule has 2 aromatic carbocycles. The van der Waals surface area contributed by atoms with Crippen molar-refractivity contribution in [1.29, 1.82) is 0 Å². The van der Waals surface area contributed by atoms with Crippen molar-refractivity contribution in [1.82, 2.24) is 5.32 Å². The van der Waals surface area contributed by atoms with Crippen molar-refractivity contribution in [2.75, 3.05) is 18.5 Å². The van der Waals surface area contributed by atoms with Gasteiger partial charge in [-0.15, -0.1) is 0 Å². The Morgan fingerprint density at radius 1 is 1.22 bits per heavy atom. The van der Waals surface area contributed by atoms with E-state index in [2.05, 4.69) is 49.2 Å². The van der Waals surface area contributed by atoms with E-state index in [0.717, 1.165) is 13.7 Å². The van der Waals surface area contributed by atoms with Crippen LogP contribution in [0.15, 0.2) is 46.9 Å². The highest BCUT2D eigenvalue weighted by Crippen LogP contribution is 2.27. The summed E-state index contributed by atoms with van der Waals surface area (Å²) in [7, 11) is 0. The van der Waals surface area contributed by atoms with Crippen LogP contribution in [0.5, 0.6) is 5.75 Å². The summed E-state index contributed by atoms with van der Waals surface area (Å²) in [6.45, 7) is 0.996. The van der Waals surface area contributed by atoms with Crippen molar-refractivity contribution < 1.29 is 9.53 Å². The van der Waals surface area contributed by atoms with Crippen LogP contribution in [0.1, 0.15) is 6.42 Å². The van der Waals surface area contributed by atoms with Crippen LogP contribution in [0, 0.1) is 3.57 Å². The normalized spacial score (nSPS) is 10.2. The van der Waals surface area contributed by atoms with E-state index < -0.39 is 0 Å². The summed E-state index contributed by atoms with van der Waals surface area (Å²) < 4.78 is 7.61. The Morgan fingerprint density at radius 3 is 2.65 bits per heavy atom. The maximum atomic E-state index is 11.7. The van der Waals surface area contributed by atoms with Gasteiger partial charge in [-0.25, -0.2) is 4.79 Å². The second-order valence-electron chi connectivity index (χ2n) is 4.66. The standard InChI is InChI=1S/C16H15BrClIN2O2/c17-11-2-7-15(14(18)10-11)23-9-1-8-20-16(22)21-13-5-3-12(19)4-6-13/h2-7,10H,1,8-9H2,(H2,20,21,22). The number of halogens is 3. The molecule has 0 fully saturated rings. The van der Waals surface area contributed by atoms with E-state index in [1.54, 1.807) is 6.07 Å². The van der Waals surface area contributed by atoms with Gasteiger partial charge < -0.3 is 15.4 Å². The number of carbonyl (C=O) groups is 1. The quantitative estimate of drug-likeness (QED) is 0.410. The second kappa shape index (κ2) is 9.34. The number of nitrogens with one attached hydrogen (secondary N) is 2. The van der Waals surface area contributed by atoms with Gasteiger partial charge in [0.15, 0.2) is 0 Å². The van der Waals surface area contributed by atoms with E-state index in [4.69, 9.17) is 16.3 Å². The lowest BCUT2D eigenvalue weighted by molar-refractivity contribution is 0.250. The number of urea groups is 1. The third kappa shape index (κ3) is 6.56. The number of ether oxygens (including phenoxy) is 1. The Hall–Kier alpha value is -0.990. The van der Waals surface area contributed by atoms with Crippen LogP contribution in [0.25, 0.3) is 0 Å². The molecule has 122 valence electrons. The third-order valence-electron chi connectivity index (χ3n) is 2.86. The van der Waals surface area contributed by atoms with Crippen molar-refractivity contribution >= 4 is 61.8 Å². The Morgan fingerprint density at radius 2 is 1.96 bits per heavy atom. The molecule has 7 heteroatoms. The van der Waals surface area contributed by atoms with Crippen LogP contribution in [0.4, 0.5) is 10.5 Å². The summed E-state index contributed by atoms with van der Waals surface area (Å²) in [5, 5.41) is 6.11. The predicted molar refractivity (Wildman–Crippen MR) is 105 cm³/mol. The summed E-state index contributed by atoms with van der Waals surface area (Å²) in [4.78, 5) is 11.7. The van der Waals surface area contributed by atoms with Crippen molar-refractivity contribution in [2.45, 2.75) is 6.42 Å². The summed E-state index contributed by atoms with van der Waals surface area (Å²) in [6, 6.07) is 12.8. The lowest BCUT2D eigenvalue weighted by Gasteiger charge is -2.10. The molecule has 0 saturated carbocycles. The topological polar surface area (TPSA) is 50.4 Å². The Kier molecular flexibility index (Phi) is 7.45. The van der Waals surface area contributed by atoms with Crippen molar-refractivity contribution in [2.24, 2.45) is 0 Å². The van der Waals surface area contributed by atoms with Gasteiger partial charge in [0.25, 0.3) is 0 Å². The highest BCUT2D eigenvalue weighted by Gasteiger charge is 2.03. The molecule has 0 bridgehead atoms. The molecule has 4 nitrogen and oxygen atoms in total. The fraction of sp³-hybridized carbons (Fsp3) is 0.188. The number of benzene rings is 2. The van der Waals surface area contributed by atoms with Crippen LogP contribution >= 0.6 is 50.1 Å². The van der Waals surface area contributed by atoms with Gasteiger partial charge in [-0.05, 0) is 71.5 Å². The molecule has 0 atom stereocenters. The number of hydrogen-bond donors (Lipinski definition) is 2. The molecule has 2 aromatic rings. The summed E-state index contributed by atoms with van der Waals surface area (Å²) in [6.07, 6.45) is 0.687. The van der Waals surface area contributed by atoms with Gasteiger partial charge in [0.2, 0.25) is 0 Å². The third-order valence-corrected chi connectivity index (χ3v) is 4.37. The number of carbonyl (C=O) groups excluding carboxylic acids is 1. The van der Waals surface area contributed by atoms with E-state index >= 15 is 0 Å². The minimum absolute atomic E-state index is 0.229. The van der Waals surface area contributed by atoms with Crippen LogP contribution in [-0.4, -0.2) is 19.2 Å². The molecule has 2 amide bonds. The SMILES string of the molecule is O=C(NCCCOc1ccc(Br)cc1Cl)Nc1ccc(I)cc1. The van der Waals surface area contributed by atoms with Gasteiger partial charge in [0.05, 0.1) is 11.6 Å². The Labute approximate surface area is 162 Å². The van der Waals surface area contributed by atoms with Crippen molar-refractivity contribution in [3.63, 3.8) is 0 Å². The van der Waals surface area contributed by atoms with E-state index in [-0.39, 0.29) is 6.03 Å². The summed E-state index contributed by atoms with van der Waals surface area (Å²) in [5.41, 5.74) is 0.765. The van der Waals surface area contributed by atoms with Gasteiger partial charge in [0.1, 0.15) is 5.75 Å². The molecule has 0 heterocycles. The van der Waals surface area contributed by atoms with Crippen LogP contribution in [-0.2, 0) is 0 Å². The smallest absolute Gasteiger partial charge is 0.319 e. The molecule has 0 aliphatic heterocycles. The zero-order chi connectivity index (χ0) is 16.7. The zero-order valence-corrected chi connectivity index (χ0v) is 16.6. The van der Waals surface area contributed by atoms with Gasteiger partial charge in [-0.2, -0.15) is 0 Å². The molecule has 0 unspecified atom stereocenters. The molecule has 0 aromatic heterocycles. The second-order valence-corrected chi connectivity index (χ2v) is 7.23. The molecular formula is C16H15BrClIN2O2. The Balaban J connectivity index is 1.65. The summed E-state index contributed by atoms with van der Waals surface area (Å²) in [5.74, 6) is 0.637. The van der Waals surface area contributed by atoms with E-state index in [0.29, 0.717) is 30.3 Å². The van der Waals surface area contributed by atoms with Crippen molar-refractivity contribution in [3.05, 3.63) is 55.5 Å². The first kappa shape index (κ1) is 18.4. The van der Waals surface area contributed by atoms with Gasteiger partial charge in [0, 0.05) is 20.3 Å². The fourth-order valence-electron chi connectivity index (χ4n) is 1.76. The van der Waals surface area contributed by atoms with E-state index in [1.165, 1.54) is 0 Å². The molecule has 0 aliphatic rings. The van der Waals surface area contributed by atoms with Crippen LogP contribution < -0.4 is 15.4 Å². The average molecular weight is 510 g/mol. The van der Waals surface area contributed by atoms with Crippen molar-refractivity contribution in [3.8, 4) is 5.75 Å². The molecule has 23 heavy (non-hydrogen) atoms. The first-order valence-corrected chi connectivity index (χ1v) is 9.18. The average Bonchev–Trinajstić information content (AvgIpc) is 2.51. The van der Waals surface area contributed by atoms with Crippen LogP contribution in [0.2, 0.25) is 5.02 Å². The number of anilines is 1. The number of rotatable bonds is 6. The number of hydrogen-bond acceptors (Lipinski definition) is 2. The molecule has 2 N–H and O–H groups in total. The molecule has 0 saturated heterocycles. The largest absolute Gasteiger partial charge is 0.492 e. The van der Waals surface area contributed by atoms with Gasteiger partial charge in [-0.1, -0.05) is 27.5 Å². The first-order chi connectivity index (χ1) is 11.0. The lowest BCUT2D eigenvalue weighted by Crippen LogP contribution is -2.30. The number of amides is 2. The lowest BCUT2D eigenvalue weighted by atomic mass is 10.3. The maximum Gasteiger partial charge on any atom is 0.319 e. The highest BCUT2D eigenvalue weighted by molar-refractivity contribution is 14.1. The zero-order valence-electron chi connectivity index (χ0n) is 12.1. The van der Waals surface area contributed by atoms with E-state index in [9.17, 15) is 4.79 Å². The Bertz CT molecular complexity index is 668. The van der Waals surface area contributed by atoms with Crippen LogP contribution in [0.3, 0.4) is 0 Å². The monoisotopic (exact) mass is 508 g/mol. The van der Waals surface area contributed by atoms with E-state index in [1.807, 2.05) is 36.4 Å². The maximum absolute atomic E-state index is 11.7. The summed E-state index contributed by atoms with van der Waals surface area (Å²) >= 11 is 11.6. The minimum atomic E-state index is -0.229. The van der Waals surface area contributed by atoms with Gasteiger partial charge in [-0.3, -0.25) is 0 Å². The molecule has 0 radical (unpaired) electrons. The molecule has 0 spiro atoms. The minimum Gasteiger partial charge on any atom is -0.492 e. The fourth-order valence-corrected chi connectivity index (χ4v) is 2.84. The highest BCUT2D eigenvalue weighted by atomic mass is 127. The molecular weight excluding hydrogens is 494 g/mol. The first-order valence-electron chi connectivity index (χ1n) is 6.93.